The molecule has 0 amide bonds. The van der Waals surface area contributed by atoms with Gasteiger partial charge in [0.1, 0.15) is 0 Å². The molecule has 2 N–H and O–H groups in total. The van der Waals surface area contributed by atoms with E-state index in [1.807, 2.05) is 12.1 Å². The summed E-state index contributed by atoms with van der Waals surface area (Å²) in [5.41, 5.74) is 1.10. The zero-order chi connectivity index (χ0) is 21.1. The summed E-state index contributed by atoms with van der Waals surface area (Å²) in [6.07, 6.45) is 3.92. The maximum atomic E-state index is 6.56. The highest BCUT2D eigenvalue weighted by Crippen LogP contribution is 2.38. The quantitative estimate of drug-likeness (QED) is 0.194. The fraction of sp³-hybridized carbons (Fsp3) is 0.696. The van der Waals surface area contributed by atoms with Gasteiger partial charge in [-0.3, -0.25) is 4.99 Å². The van der Waals surface area contributed by atoms with Gasteiger partial charge in [-0.25, -0.2) is 0 Å². The Balaban J connectivity index is 0.00000341. The molecule has 1 aromatic rings. The highest BCUT2D eigenvalue weighted by atomic mass is 127. The van der Waals surface area contributed by atoms with Crippen molar-refractivity contribution in [1.82, 2.24) is 10.6 Å². The van der Waals surface area contributed by atoms with Crippen LogP contribution in [-0.4, -0.2) is 65.2 Å². The van der Waals surface area contributed by atoms with E-state index in [9.17, 15) is 0 Å². The SMILES string of the molecule is CCNC(=NCC1(c2ccccc2Cl)CCOCC1)NCCCOCC1CCOC1.I. The van der Waals surface area contributed by atoms with Crippen molar-refractivity contribution in [3.8, 4) is 0 Å². The van der Waals surface area contributed by atoms with Gasteiger partial charge in [0.15, 0.2) is 5.96 Å². The molecule has 2 fully saturated rings. The fourth-order valence-electron chi connectivity index (χ4n) is 4.08. The lowest BCUT2D eigenvalue weighted by molar-refractivity contribution is 0.0531. The van der Waals surface area contributed by atoms with Crippen molar-refractivity contribution in [2.24, 2.45) is 10.9 Å². The number of nitrogens with one attached hydrogen (secondary N) is 2. The first-order valence-electron chi connectivity index (χ1n) is 11.2. The lowest BCUT2D eigenvalue weighted by atomic mass is 9.74. The van der Waals surface area contributed by atoms with Gasteiger partial charge in [-0.05, 0) is 44.2 Å². The molecule has 2 aliphatic heterocycles. The number of hydrogen-bond acceptors (Lipinski definition) is 4. The smallest absolute Gasteiger partial charge is 0.191 e. The number of halogens is 2. The summed E-state index contributed by atoms with van der Waals surface area (Å²) in [4.78, 5) is 4.93. The lowest BCUT2D eigenvalue weighted by Gasteiger charge is -2.37. The van der Waals surface area contributed by atoms with Crippen molar-refractivity contribution in [2.45, 2.75) is 38.0 Å². The number of rotatable bonds is 10. The second-order valence-corrected chi connectivity index (χ2v) is 8.56. The molecule has 0 radical (unpaired) electrons. The van der Waals surface area contributed by atoms with Crippen molar-refractivity contribution in [3.05, 3.63) is 34.9 Å². The van der Waals surface area contributed by atoms with Gasteiger partial charge in [0.2, 0.25) is 0 Å². The maximum Gasteiger partial charge on any atom is 0.191 e. The minimum absolute atomic E-state index is 0. The third-order valence-corrected chi connectivity index (χ3v) is 6.24. The van der Waals surface area contributed by atoms with Crippen LogP contribution in [0.2, 0.25) is 5.02 Å². The number of ether oxygens (including phenoxy) is 3. The van der Waals surface area contributed by atoms with E-state index in [0.717, 1.165) is 89.4 Å². The van der Waals surface area contributed by atoms with Gasteiger partial charge in [0.25, 0.3) is 0 Å². The number of hydrogen-bond donors (Lipinski definition) is 2. The van der Waals surface area contributed by atoms with Crippen molar-refractivity contribution in [2.75, 3.05) is 59.3 Å². The van der Waals surface area contributed by atoms with Crippen LogP contribution < -0.4 is 10.6 Å². The van der Waals surface area contributed by atoms with Gasteiger partial charge in [0, 0.05) is 55.9 Å². The second-order valence-electron chi connectivity index (χ2n) is 8.15. The predicted octanol–water partition coefficient (Wildman–Crippen LogP) is 4.00. The molecule has 0 aromatic heterocycles. The molecule has 0 spiro atoms. The van der Waals surface area contributed by atoms with Crippen LogP contribution in [0.5, 0.6) is 0 Å². The zero-order valence-corrected chi connectivity index (χ0v) is 21.6. The molecule has 0 bridgehead atoms. The topological polar surface area (TPSA) is 64.1 Å². The van der Waals surface area contributed by atoms with Gasteiger partial charge in [-0.2, -0.15) is 0 Å². The third kappa shape index (κ3) is 8.35. The van der Waals surface area contributed by atoms with Gasteiger partial charge in [-0.15, -0.1) is 24.0 Å². The number of nitrogens with zero attached hydrogens (tertiary/aromatic N) is 1. The largest absolute Gasteiger partial charge is 0.381 e. The van der Waals surface area contributed by atoms with Gasteiger partial charge < -0.3 is 24.8 Å². The fourth-order valence-corrected chi connectivity index (χ4v) is 4.42. The molecule has 1 atom stereocenters. The van der Waals surface area contributed by atoms with Crippen LogP contribution in [0.1, 0.15) is 38.2 Å². The number of guanidine groups is 1. The molecule has 0 aliphatic carbocycles. The van der Waals surface area contributed by atoms with Crippen LogP contribution in [-0.2, 0) is 19.6 Å². The van der Waals surface area contributed by atoms with E-state index in [1.165, 1.54) is 5.56 Å². The van der Waals surface area contributed by atoms with E-state index in [1.54, 1.807) is 0 Å². The molecule has 2 heterocycles. The van der Waals surface area contributed by atoms with Crippen molar-refractivity contribution < 1.29 is 14.2 Å². The first-order chi connectivity index (χ1) is 14.7. The Morgan fingerprint density at radius 3 is 2.71 bits per heavy atom. The van der Waals surface area contributed by atoms with E-state index in [0.29, 0.717) is 12.5 Å². The van der Waals surface area contributed by atoms with E-state index < -0.39 is 0 Å². The van der Waals surface area contributed by atoms with E-state index in [-0.39, 0.29) is 29.4 Å². The Hall–Kier alpha value is -0.610. The summed E-state index contributed by atoms with van der Waals surface area (Å²) in [5.74, 6) is 1.41. The molecule has 2 saturated heterocycles. The molecule has 1 unspecified atom stereocenters. The Bertz CT molecular complexity index is 665. The van der Waals surface area contributed by atoms with Crippen LogP contribution in [0.4, 0.5) is 0 Å². The van der Waals surface area contributed by atoms with Crippen LogP contribution in [0.15, 0.2) is 29.3 Å². The molecule has 8 heteroatoms. The lowest BCUT2D eigenvalue weighted by Crippen LogP contribution is -2.41. The summed E-state index contributed by atoms with van der Waals surface area (Å²) < 4.78 is 16.8. The molecule has 3 rings (SSSR count). The molecule has 2 aliphatic rings. The van der Waals surface area contributed by atoms with Gasteiger partial charge in [0.05, 0.1) is 19.8 Å². The monoisotopic (exact) mass is 565 g/mol. The van der Waals surface area contributed by atoms with Crippen LogP contribution in [0, 0.1) is 5.92 Å². The van der Waals surface area contributed by atoms with Crippen LogP contribution in [0.25, 0.3) is 0 Å². The number of benzene rings is 1. The minimum atomic E-state index is -0.0780. The first kappa shape index (κ1) is 26.6. The van der Waals surface area contributed by atoms with Gasteiger partial charge in [-0.1, -0.05) is 29.8 Å². The predicted molar refractivity (Wildman–Crippen MR) is 137 cm³/mol. The highest BCUT2D eigenvalue weighted by Gasteiger charge is 2.36. The normalized spacial score (nSPS) is 20.8. The van der Waals surface area contributed by atoms with Crippen LogP contribution in [0.3, 0.4) is 0 Å². The molecule has 6 nitrogen and oxygen atoms in total. The van der Waals surface area contributed by atoms with Gasteiger partial charge >= 0.3 is 0 Å². The summed E-state index contributed by atoms with van der Waals surface area (Å²) in [5, 5.41) is 7.62. The highest BCUT2D eigenvalue weighted by molar-refractivity contribution is 14.0. The Kier molecular flexibility index (Phi) is 12.5. The van der Waals surface area contributed by atoms with Crippen LogP contribution >= 0.6 is 35.6 Å². The summed E-state index contributed by atoms with van der Waals surface area (Å²) >= 11 is 6.56. The molecule has 0 saturated carbocycles. The third-order valence-electron chi connectivity index (χ3n) is 5.91. The molecular formula is C23H37ClIN3O3. The minimum Gasteiger partial charge on any atom is -0.381 e. The second kappa shape index (κ2) is 14.5. The Morgan fingerprint density at radius 1 is 1.19 bits per heavy atom. The Labute approximate surface area is 208 Å². The molecule has 176 valence electrons. The average molecular weight is 566 g/mol. The Morgan fingerprint density at radius 2 is 2.00 bits per heavy atom. The number of aliphatic imine (C=N–C) groups is 1. The maximum absolute atomic E-state index is 6.56. The summed E-state index contributed by atoms with van der Waals surface area (Å²) in [6, 6.07) is 8.15. The van der Waals surface area contributed by atoms with E-state index in [2.05, 4.69) is 29.7 Å². The molecular weight excluding hydrogens is 529 g/mol. The summed E-state index contributed by atoms with van der Waals surface area (Å²) in [6.45, 7) is 9.19. The standard InChI is InChI=1S/C23H36ClN3O3.HI/c1-2-25-22(26-11-5-12-29-16-19-8-13-30-17-19)27-18-23(9-14-28-15-10-23)20-6-3-4-7-21(20)24;/h3-4,6-7,19H,2,5,8-18H2,1H3,(H2,25,26,27);1H. The zero-order valence-electron chi connectivity index (χ0n) is 18.5. The van der Waals surface area contributed by atoms with Crippen molar-refractivity contribution >= 4 is 41.5 Å². The van der Waals surface area contributed by atoms with E-state index in [4.69, 9.17) is 30.8 Å². The van der Waals surface area contributed by atoms with E-state index >= 15 is 0 Å². The first-order valence-corrected chi connectivity index (χ1v) is 11.6. The van der Waals surface area contributed by atoms with Crippen molar-refractivity contribution in [1.29, 1.82) is 0 Å². The molecule has 31 heavy (non-hydrogen) atoms. The molecule has 1 aromatic carbocycles. The van der Waals surface area contributed by atoms with Crippen molar-refractivity contribution in [3.63, 3.8) is 0 Å². The average Bonchev–Trinajstić information content (AvgIpc) is 3.29. The summed E-state index contributed by atoms with van der Waals surface area (Å²) in [7, 11) is 0.